The summed E-state index contributed by atoms with van der Waals surface area (Å²) in [7, 11) is 0. The quantitative estimate of drug-likeness (QED) is 0.689. The molecule has 3 rings (SSSR count). The van der Waals surface area contributed by atoms with Crippen LogP contribution in [-0.2, 0) is 0 Å². The summed E-state index contributed by atoms with van der Waals surface area (Å²) in [5, 5.41) is 18.5. The molecule has 0 atom stereocenters. The minimum absolute atomic E-state index is 0.301. The van der Waals surface area contributed by atoms with Crippen LogP contribution in [0.1, 0.15) is 24.0 Å². The molecule has 0 amide bonds. The summed E-state index contributed by atoms with van der Waals surface area (Å²) in [6.45, 7) is 0. The van der Waals surface area contributed by atoms with Gasteiger partial charge in [0.25, 0.3) is 0 Å². The molecule has 0 unspecified atom stereocenters. The fourth-order valence-corrected chi connectivity index (χ4v) is 4.11. The second-order valence-corrected chi connectivity index (χ2v) is 6.87. The van der Waals surface area contributed by atoms with Crippen molar-refractivity contribution in [2.45, 2.75) is 22.6 Å². The number of allylic oxidation sites excluding steroid dienone is 2. The smallest absolute Gasteiger partial charge is 0.0670 e. The first-order valence-electron chi connectivity index (χ1n) is 6.77. The molecule has 22 heavy (non-hydrogen) atoms. The van der Waals surface area contributed by atoms with Crippen molar-refractivity contribution in [2.75, 3.05) is 0 Å². The Labute approximate surface area is 142 Å². The zero-order valence-electron chi connectivity index (χ0n) is 11.6. The second kappa shape index (κ2) is 6.40. The van der Waals surface area contributed by atoms with Gasteiger partial charge in [0, 0.05) is 14.3 Å². The Morgan fingerprint density at radius 2 is 1.50 bits per heavy atom. The number of fused-ring (bicyclic) bond motifs is 2. The van der Waals surface area contributed by atoms with Crippen LogP contribution in [0.3, 0.4) is 0 Å². The van der Waals surface area contributed by atoms with Crippen LogP contribution >= 0.6 is 27.7 Å². The van der Waals surface area contributed by atoms with Gasteiger partial charge in [-0.15, -0.1) is 0 Å². The summed E-state index contributed by atoms with van der Waals surface area (Å²) in [4.78, 5) is 2.25. The molecule has 1 aliphatic heterocycles. The van der Waals surface area contributed by atoms with Gasteiger partial charge in [0.15, 0.2) is 0 Å². The van der Waals surface area contributed by atoms with Gasteiger partial charge in [0.2, 0.25) is 0 Å². The fourth-order valence-electron chi connectivity index (χ4n) is 2.64. The minimum atomic E-state index is 0.301. The van der Waals surface area contributed by atoms with Crippen LogP contribution in [0.4, 0.5) is 0 Å². The summed E-state index contributed by atoms with van der Waals surface area (Å²) in [6.07, 6.45) is 0.607. The zero-order valence-corrected chi connectivity index (χ0v) is 14.0. The molecule has 4 heteroatoms. The highest BCUT2D eigenvalue weighted by atomic mass is 79.9. The van der Waals surface area contributed by atoms with Crippen molar-refractivity contribution in [1.82, 2.24) is 0 Å². The van der Waals surface area contributed by atoms with Gasteiger partial charge in [-0.1, -0.05) is 45.9 Å². The lowest BCUT2D eigenvalue weighted by atomic mass is 9.91. The van der Waals surface area contributed by atoms with Crippen molar-refractivity contribution in [2.24, 2.45) is 0 Å². The van der Waals surface area contributed by atoms with Crippen LogP contribution in [0, 0.1) is 22.7 Å². The summed E-state index contributed by atoms with van der Waals surface area (Å²) in [5.41, 5.74) is 4.02. The Kier molecular flexibility index (Phi) is 4.34. The van der Waals surface area contributed by atoms with E-state index < -0.39 is 0 Å². The number of nitriles is 2. The van der Waals surface area contributed by atoms with Gasteiger partial charge in [0.05, 0.1) is 25.0 Å². The molecule has 2 aromatic rings. The van der Waals surface area contributed by atoms with E-state index >= 15 is 0 Å². The van der Waals surface area contributed by atoms with Crippen molar-refractivity contribution < 1.29 is 0 Å². The predicted octanol–water partition coefficient (Wildman–Crippen LogP) is 5.65. The van der Waals surface area contributed by atoms with E-state index in [1.807, 2.05) is 30.3 Å². The average Bonchev–Trinajstić information content (AvgIpc) is 2.64. The molecule has 2 aromatic carbocycles. The van der Waals surface area contributed by atoms with Gasteiger partial charge in [-0.2, -0.15) is 10.5 Å². The van der Waals surface area contributed by atoms with Crippen LogP contribution in [-0.4, -0.2) is 0 Å². The molecular weight excluding hydrogens is 356 g/mol. The molecule has 0 bridgehead atoms. The van der Waals surface area contributed by atoms with Crippen molar-refractivity contribution in [3.63, 3.8) is 0 Å². The van der Waals surface area contributed by atoms with E-state index in [1.165, 1.54) is 0 Å². The van der Waals surface area contributed by atoms with Gasteiger partial charge in [-0.25, -0.2) is 0 Å². The topological polar surface area (TPSA) is 47.6 Å². The first-order chi connectivity index (χ1) is 10.7. The largest absolute Gasteiger partial charge is 0.198 e. The number of hydrogen-bond acceptors (Lipinski definition) is 3. The Bertz CT molecular complexity index is 856. The number of benzene rings is 2. The van der Waals surface area contributed by atoms with Crippen LogP contribution in [0.25, 0.3) is 11.1 Å². The zero-order chi connectivity index (χ0) is 15.5. The lowest BCUT2D eigenvalue weighted by molar-refractivity contribution is 1.27. The summed E-state index contributed by atoms with van der Waals surface area (Å²) >= 11 is 5.20. The van der Waals surface area contributed by atoms with Gasteiger partial charge >= 0.3 is 0 Å². The van der Waals surface area contributed by atoms with E-state index in [0.29, 0.717) is 12.8 Å². The van der Waals surface area contributed by atoms with E-state index in [4.69, 9.17) is 0 Å². The molecule has 0 saturated heterocycles. The molecule has 0 saturated carbocycles. The summed E-state index contributed by atoms with van der Waals surface area (Å²) < 4.78 is 0.976. The summed E-state index contributed by atoms with van der Waals surface area (Å²) in [6, 6.07) is 18.7. The molecule has 0 radical (unpaired) electrons. The summed E-state index contributed by atoms with van der Waals surface area (Å²) in [5.74, 6) is 0. The van der Waals surface area contributed by atoms with E-state index in [-0.39, 0.29) is 0 Å². The maximum absolute atomic E-state index is 9.25. The lowest BCUT2D eigenvalue weighted by Gasteiger charge is -2.11. The van der Waals surface area contributed by atoms with Gasteiger partial charge in [-0.3, -0.25) is 0 Å². The van der Waals surface area contributed by atoms with Gasteiger partial charge < -0.3 is 0 Å². The number of nitrogens with zero attached hydrogens (tertiary/aromatic N) is 2. The molecule has 1 heterocycles. The SMILES string of the molecule is N#CCC1=C(CC#N)c2cc(Br)ccc2Sc2ccccc21. The molecule has 0 N–H and O–H groups in total. The lowest BCUT2D eigenvalue weighted by Crippen LogP contribution is -1.92. The van der Waals surface area contributed by atoms with Gasteiger partial charge in [0.1, 0.15) is 0 Å². The molecule has 0 aromatic heterocycles. The van der Waals surface area contributed by atoms with E-state index in [2.05, 4.69) is 40.2 Å². The third kappa shape index (κ3) is 2.68. The van der Waals surface area contributed by atoms with Crippen LogP contribution in [0.5, 0.6) is 0 Å². The van der Waals surface area contributed by atoms with Crippen LogP contribution in [0.2, 0.25) is 0 Å². The molecule has 1 aliphatic rings. The average molecular weight is 367 g/mol. The van der Waals surface area contributed by atoms with Crippen LogP contribution in [0.15, 0.2) is 56.7 Å². The molecule has 0 aliphatic carbocycles. The second-order valence-electron chi connectivity index (χ2n) is 4.87. The molecule has 106 valence electrons. The van der Waals surface area contributed by atoms with Crippen molar-refractivity contribution in [3.05, 3.63) is 58.1 Å². The van der Waals surface area contributed by atoms with Crippen LogP contribution < -0.4 is 0 Å². The molecular formula is C18H11BrN2S. The Hall–Kier alpha value is -2.01. The molecule has 0 fully saturated rings. The van der Waals surface area contributed by atoms with Gasteiger partial charge in [-0.05, 0) is 46.5 Å². The predicted molar refractivity (Wildman–Crippen MR) is 92.0 cm³/mol. The maximum atomic E-state index is 9.25. The first-order valence-corrected chi connectivity index (χ1v) is 8.38. The standard InChI is InChI=1S/C18H11BrN2S/c19-12-5-6-18-16(11-12)14(8-10-21)13(7-9-20)15-3-1-2-4-17(15)22-18/h1-6,11H,7-8H2. The fraction of sp³-hybridized carbons (Fsp3) is 0.111. The van der Waals surface area contributed by atoms with E-state index in [0.717, 1.165) is 36.5 Å². The Morgan fingerprint density at radius 3 is 2.23 bits per heavy atom. The highest BCUT2D eigenvalue weighted by Crippen LogP contribution is 2.46. The normalized spacial score (nSPS) is 12.7. The maximum Gasteiger partial charge on any atom is 0.0670 e. The van der Waals surface area contributed by atoms with Crippen molar-refractivity contribution in [1.29, 1.82) is 10.5 Å². The van der Waals surface area contributed by atoms with Crippen molar-refractivity contribution >= 4 is 38.8 Å². The highest BCUT2D eigenvalue weighted by Gasteiger charge is 2.22. The Balaban J connectivity index is 2.36. The Morgan fingerprint density at radius 1 is 0.864 bits per heavy atom. The number of rotatable bonds is 2. The molecule has 0 spiro atoms. The first kappa shape index (κ1) is 14.9. The third-order valence-electron chi connectivity index (χ3n) is 3.57. The minimum Gasteiger partial charge on any atom is -0.198 e. The van der Waals surface area contributed by atoms with E-state index in [9.17, 15) is 10.5 Å². The highest BCUT2D eigenvalue weighted by molar-refractivity contribution is 9.10. The van der Waals surface area contributed by atoms with E-state index in [1.54, 1.807) is 11.8 Å². The third-order valence-corrected chi connectivity index (χ3v) is 5.22. The van der Waals surface area contributed by atoms with Crippen molar-refractivity contribution in [3.8, 4) is 12.1 Å². The number of halogens is 1. The molecule has 2 nitrogen and oxygen atoms in total. The monoisotopic (exact) mass is 366 g/mol. The number of hydrogen-bond donors (Lipinski definition) is 0.